The van der Waals surface area contributed by atoms with E-state index in [-0.39, 0.29) is 0 Å². The van der Waals surface area contributed by atoms with E-state index in [2.05, 4.69) is 66.6 Å². The number of nitrogens with zero attached hydrogens (tertiary/aromatic N) is 2. The highest BCUT2D eigenvalue weighted by atomic mass is 15.1. The van der Waals surface area contributed by atoms with Crippen LogP contribution in [0.1, 0.15) is 25.3 Å². The van der Waals surface area contributed by atoms with Gasteiger partial charge in [-0.1, -0.05) is 25.1 Å². The number of hydrogen-bond donors (Lipinski definition) is 1. The van der Waals surface area contributed by atoms with E-state index in [0.29, 0.717) is 6.04 Å². The van der Waals surface area contributed by atoms with Crippen molar-refractivity contribution < 1.29 is 0 Å². The highest BCUT2D eigenvalue weighted by Crippen LogP contribution is 2.18. The first-order valence-electron chi connectivity index (χ1n) is 7.91. The Hall–Kier alpha value is -1.45. The first-order valence-corrected chi connectivity index (χ1v) is 7.91. The normalized spacial score (nSPS) is 13.0. The molecule has 1 heterocycles. The van der Waals surface area contributed by atoms with Crippen molar-refractivity contribution in [3.63, 3.8) is 0 Å². The maximum atomic E-state index is 4.46. The predicted molar refractivity (Wildman–Crippen MR) is 90.7 cm³/mol. The highest BCUT2D eigenvalue weighted by molar-refractivity contribution is 5.81. The molecule has 3 nitrogen and oxygen atoms in total. The molecule has 2 aromatic rings. The van der Waals surface area contributed by atoms with Gasteiger partial charge in [0.15, 0.2) is 0 Å². The Morgan fingerprint density at radius 1 is 1.19 bits per heavy atom. The van der Waals surface area contributed by atoms with Gasteiger partial charge in [0.1, 0.15) is 0 Å². The summed E-state index contributed by atoms with van der Waals surface area (Å²) >= 11 is 0. The van der Waals surface area contributed by atoms with Crippen LogP contribution in [-0.4, -0.2) is 43.1 Å². The van der Waals surface area contributed by atoms with E-state index < -0.39 is 0 Å². The van der Waals surface area contributed by atoms with Gasteiger partial charge in [0.25, 0.3) is 0 Å². The van der Waals surface area contributed by atoms with Crippen molar-refractivity contribution in [2.45, 2.75) is 32.2 Å². The van der Waals surface area contributed by atoms with Crippen molar-refractivity contribution in [2.24, 2.45) is 0 Å². The Bertz CT molecular complexity index is 546. The van der Waals surface area contributed by atoms with Crippen molar-refractivity contribution in [1.82, 2.24) is 15.2 Å². The molecule has 114 valence electrons. The molecule has 0 fully saturated rings. The molecule has 0 radical (unpaired) electrons. The van der Waals surface area contributed by atoms with Gasteiger partial charge in [-0.3, -0.25) is 4.98 Å². The smallest absolute Gasteiger partial charge is 0.0704 e. The molecule has 1 unspecified atom stereocenters. The summed E-state index contributed by atoms with van der Waals surface area (Å²) in [4.78, 5) is 6.71. The third-order valence-corrected chi connectivity index (χ3v) is 3.81. The first kappa shape index (κ1) is 15.9. The average Bonchev–Trinajstić information content (AvgIpc) is 2.50. The number of aromatic nitrogens is 1. The van der Waals surface area contributed by atoms with Crippen LogP contribution in [0.5, 0.6) is 0 Å². The monoisotopic (exact) mass is 285 g/mol. The number of rotatable bonds is 8. The van der Waals surface area contributed by atoms with Gasteiger partial charge < -0.3 is 10.2 Å². The van der Waals surface area contributed by atoms with Crippen LogP contribution in [0.25, 0.3) is 10.9 Å². The highest BCUT2D eigenvalue weighted by Gasteiger charge is 2.11. The fourth-order valence-corrected chi connectivity index (χ4v) is 2.64. The molecule has 1 aromatic heterocycles. The second kappa shape index (κ2) is 8.11. The van der Waals surface area contributed by atoms with E-state index in [1.807, 2.05) is 6.20 Å². The van der Waals surface area contributed by atoms with E-state index in [0.717, 1.165) is 25.0 Å². The molecule has 1 aromatic carbocycles. The first-order chi connectivity index (χ1) is 10.2. The van der Waals surface area contributed by atoms with Crippen LogP contribution in [0.15, 0.2) is 36.5 Å². The third-order valence-electron chi connectivity index (χ3n) is 3.81. The topological polar surface area (TPSA) is 28.2 Å². The number of pyridine rings is 1. The standard InChI is InChI=1S/C18H27N3/c1-4-11-19-16(10-13-21(2)3)14-15-9-12-20-18-8-6-5-7-17(15)18/h5-9,12,16,19H,4,10-11,13-14H2,1-3H3. The molecule has 2 rings (SSSR count). The summed E-state index contributed by atoms with van der Waals surface area (Å²) in [6, 6.07) is 11.1. The summed E-state index contributed by atoms with van der Waals surface area (Å²) in [6.45, 7) is 4.42. The predicted octanol–water partition coefficient (Wildman–Crippen LogP) is 3.10. The van der Waals surface area contributed by atoms with Crippen LogP contribution in [0.4, 0.5) is 0 Å². The van der Waals surface area contributed by atoms with Crippen LogP contribution in [0, 0.1) is 0 Å². The van der Waals surface area contributed by atoms with Crippen LogP contribution in [-0.2, 0) is 6.42 Å². The zero-order chi connectivity index (χ0) is 15.1. The van der Waals surface area contributed by atoms with Crippen LogP contribution < -0.4 is 5.32 Å². The average molecular weight is 285 g/mol. The molecule has 0 bridgehead atoms. The lowest BCUT2D eigenvalue weighted by molar-refractivity contribution is 0.356. The minimum atomic E-state index is 0.526. The lowest BCUT2D eigenvalue weighted by Gasteiger charge is -2.21. The van der Waals surface area contributed by atoms with Crippen molar-refractivity contribution in [2.75, 3.05) is 27.2 Å². The van der Waals surface area contributed by atoms with Crippen molar-refractivity contribution in [3.05, 3.63) is 42.1 Å². The maximum absolute atomic E-state index is 4.46. The van der Waals surface area contributed by atoms with E-state index >= 15 is 0 Å². The van der Waals surface area contributed by atoms with E-state index in [1.54, 1.807) is 0 Å². The minimum Gasteiger partial charge on any atom is -0.314 e. The van der Waals surface area contributed by atoms with Crippen molar-refractivity contribution in [3.8, 4) is 0 Å². The number of hydrogen-bond acceptors (Lipinski definition) is 3. The Morgan fingerprint density at radius 3 is 2.76 bits per heavy atom. The van der Waals surface area contributed by atoms with Gasteiger partial charge in [0.05, 0.1) is 5.52 Å². The summed E-state index contributed by atoms with van der Waals surface area (Å²) in [5, 5.41) is 4.98. The lowest BCUT2D eigenvalue weighted by atomic mass is 9.99. The van der Waals surface area contributed by atoms with Crippen molar-refractivity contribution >= 4 is 10.9 Å². The molecule has 21 heavy (non-hydrogen) atoms. The zero-order valence-electron chi connectivity index (χ0n) is 13.5. The molecule has 1 N–H and O–H groups in total. The molecule has 0 aliphatic heterocycles. The van der Waals surface area contributed by atoms with E-state index in [1.165, 1.54) is 23.8 Å². The van der Waals surface area contributed by atoms with E-state index in [9.17, 15) is 0 Å². The maximum Gasteiger partial charge on any atom is 0.0704 e. The lowest BCUT2D eigenvalue weighted by Crippen LogP contribution is -2.34. The molecule has 0 aliphatic rings. The number of benzene rings is 1. The number of para-hydroxylation sites is 1. The third kappa shape index (κ3) is 4.80. The van der Waals surface area contributed by atoms with Gasteiger partial charge in [-0.25, -0.2) is 0 Å². The second-order valence-corrected chi connectivity index (χ2v) is 5.93. The molecule has 0 aliphatic carbocycles. The summed E-state index contributed by atoms with van der Waals surface area (Å²) in [5.41, 5.74) is 2.49. The molecule has 3 heteroatoms. The largest absolute Gasteiger partial charge is 0.314 e. The summed E-state index contributed by atoms with van der Waals surface area (Å²) in [5.74, 6) is 0. The molecule has 0 saturated heterocycles. The fraction of sp³-hybridized carbons (Fsp3) is 0.500. The molecular formula is C18H27N3. The van der Waals surface area contributed by atoms with Gasteiger partial charge in [0.2, 0.25) is 0 Å². The van der Waals surface area contributed by atoms with Gasteiger partial charge in [-0.15, -0.1) is 0 Å². The van der Waals surface area contributed by atoms with E-state index in [4.69, 9.17) is 0 Å². The van der Waals surface area contributed by atoms with Crippen LogP contribution in [0.2, 0.25) is 0 Å². The fourth-order valence-electron chi connectivity index (χ4n) is 2.64. The summed E-state index contributed by atoms with van der Waals surface area (Å²) < 4.78 is 0. The Labute approximate surface area is 128 Å². The van der Waals surface area contributed by atoms with Crippen LogP contribution >= 0.6 is 0 Å². The SMILES string of the molecule is CCCNC(CCN(C)C)Cc1ccnc2ccccc12. The minimum absolute atomic E-state index is 0.526. The molecule has 0 spiro atoms. The van der Waals surface area contributed by atoms with Crippen LogP contribution in [0.3, 0.4) is 0 Å². The van der Waals surface area contributed by atoms with Gasteiger partial charge in [-0.05, 0) is 64.1 Å². The molecular weight excluding hydrogens is 258 g/mol. The quantitative estimate of drug-likeness (QED) is 0.808. The van der Waals surface area contributed by atoms with Crippen molar-refractivity contribution in [1.29, 1.82) is 0 Å². The van der Waals surface area contributed by atoms with Gasteiger partial charge >= 0.3 is 0 Å². The Morgan fingerprint density at radius 2 is 2.00 bits per heavy atom. The number of fused-ring (bicyclic) bond motifs is 1. The summed E-state index contributed by atoms with van der Waals surface area (Å²) in [7, 11) is 4.28. The summed E-state index contributed by atoms with van der Waals surface area (Å²) in [6.07, 6.45) is 5.34. The Kier molecular flexibility index (Phi) is 6.15. The van der Waals surface area contributed by atoms with Gasteiger partial charge in [-0.2, -0.15) is 0 Å². The molecule has 0 amide bonds. The molecule has 1 atom stereocenters. The second-order valence-electron chi connectivity index (χ2n) is 5.93. The Balaban J connectivity index is 2.13. The van der Waals surface area contributed by atoms with Gasteiger partial charge in [0, 0.05) is 17.6 Å². The molecule has 0 saturated carbocycles. The zero-order valence-corrected chi connectivity index (χ0v) is 13.5. The number of nitrogens with one attached hydrogen (secondary N) is 1.